The van der Waals surface area contributed by atoms with Crippen molar-refractivity contribution in [1.29, 1.82) is 0 Å². The summed E-state index contributed by atoms with van der Waals surface area (Å²) >= 11 is 0. The Bertz CT molecular complexity index is 1450. The molecule has 3 aromatic carbocycles. The molecule has 2 aromatic heterocycles. The molecule has 0 radical (unpaired) electrons. The minimum atomic E-state index is -0.337. The van der Waals surface area contributed by atoms with Gasteiger partial charge in [0.2, 0.25) is 0 Å². The third-order valence-corrected chi connectivity index (χ3v) is 5.40. The molecule has 5 aromatic rings. The van der Waals surface area contributed by atoms with Gasteiger partial charge in [-0.25, -0.2) is 9.07 Å². The van der Waals surface area contributed by atoms with Crippen molar-refractivity contribution in [2.24, 2.45) is 0 Å². The molecule has 0 aliphatic heterocycles. The second-order valence-corrected chi connectivity index (χ2v) is 7.71. The van der Waals surface area contributed by atoms with Gasteiger partial charge in [-0.15, -0.1) is 0 Å². The lowest BCUT2D eigenvalue weighted by Crippen LogP contribution is -2.16. The molecular formula is C26H21FN4O. The van der Waals surface area contributed by atoms with Crippen LogP contribution in [0.3, 0.4) is 0 Å². The summed E-state index contributed by atoms with van der Waals surface area (Å²) in [5.41, 5.74) is 5.11. The summed E-state index contributed by atoms with van der Waals surface area (Å²) in [5, 5.41) is 8.78. The van der Waals surface area contributed by atoms with E-state index >= 15 is 0 Å². The zero-order chi connectivity index (χ0) is 22.1. The Morgan fingerprint density at radius 3 is 2.50 bits per heavy atom. The summed E-state index contributed by atoms with van der Waals surface area (Å²) in [6.07, 6.45) is 0. The average Bonchev–Trinajstić information content (AvgIpc) is 3.17. The van der Waals surface area contributed by atoms with Crippen molar-refractivity contribution in [3.63, 3.8) is 0 Å². The van der Waals surface area contributed by atoms with Crippen LogP contribution in [-0.4, -0.2) is 14.8 Å². The van der Waals surface area contributed by atoms with Crippen LogP contribution in [0, 0.1) is 12.7 Å². The second-order valence-electron chi connectivity index (χ2n) is 7.71. The average molecular weight is 424 g/mol. The first-order valence-corrected chi connectivity index (χ1v) is 10.4. The van der Waals surface area contributed by atoms with E-state index in [0.29, 0.717) is 29.0 Å². The minimum Gasteiger partial charge on any atom is -0.381 e. The molecule has 0 amide bonds. The highest BCUT2D eigenvalue weighted by atomic mass is 19.1. The lowest BCUT2D eigenvalue weighted by Gasteiger charge is -2.07. The molecule has 0 saturated carbocycles. The van der Waals surface area contributed by atoms with E-state index in [9.17, 15) is 9.18 Å². The molecule has 0 bridgehead atoms. The number of anilines is 1. The maximum absolute atomic E-state index is 14.0. The molecular weight excluding hydrogens is 403 g/mol. The molecule has 0 aliphatic rings. The van der Waals surface area contributed by atoms with E-state index in [1.807, 2.05) is 73.7 Å². The zero-order valence-corrected chi connectivity index (χ0v) is 17.5. The number of nitrogens with zero attached hydrogens (tertiary/aromatic N) is 2. The molecule has 158 valence electrons. The Hall–Kier alpha value is -4.19. The number of rotatable bonds is 5. The number of pyridine rings is 1. The molecule has 2 N–H and O–H groups in total. The fourth-order valence-corrected chi connectivity index (χ4v) is 3.72. The maximum atomic E-state index is 14.0. The van der Waals surface area contributed by atoms with Crippen LogP contribution in [0.5, 0.6) is 0 Å². The number of fused-ring (bicyclic) bond motifs is 1. The zero-order valence-electron chi connectivity index (χ0n) is 17.5. The van der Waals surface area contributed by atoms with Gasteiger partial charge in [0.15, 0.2) is 0 Å². The van der Waals surface area contributed by atoms with E-state index in [1.54, 1.807) is 10.7 Å². The molecule has 2 heterocycles. The normalized spacial score (nSPS) is 11.1. The lowest BCUT2D eigenvalue weighted by atomic mass is 10.1. The van der Waals surface area contributed by atoms with Crippen LogP contribution in [-0.2, 0) is 6.54 Å². The number of aromatic amines is 1. The Kier molecular flexibility index (Phi) is 5.03. The van der Waals surface area contributed by atoms with Crippen molar-refractivity contribution >= 4 is 16.7 Å². The Morgan fingerprint density at radius 1 is 0.969 bits per heavy atom. The van der Waals surface area contributed by atoms with Crippen molar-refractivity contribution in [3.05, 3.63) is 112 Å². The third-order valence-electron chi connectivity index (χ3n) is 5.40. The van der Waals surface area contributed by atoms with Gasteiger partial charge in [-0.1, -0.05) is 48.0 Å². The largest absolute Gasteiger partial charge is 0.381 e. The van der Waals surface area contributed by atoms with Crippen LogP contribution in [0.25, 0.3) is 28.0 Å². The molecule has 0 aliphatic carbocycles. The fourth-order valence-electron chi connectivity index (χ4n) is 3.72. The second kappa shape index (κ2) is 8.15. The van der Waals surface area contributed by atoms with Gasteiger partial charge in [-0.3, -0.25) is 4.79 Å². The Morgan fingerprint density at radius 2 is 1.75 bits per heavy atom. The first-order chi connectivity index (χ1) is 15.6. The van der Waals surface area contributed by atoms with Gasteiger partial charge in [0.05, 0.1) is 5.69 Å². The van der Waals surface area contributed by atoms with Crippen molar-refractivity contribution in [3.8, 4) is 16.9 Å². The molecule has 6 heteroatoms. The fraction of sp³-hybridized carbons (Fsp3) is 0.0769. The summed E-state index contributed by atoms with van der Waals surface area (Å²) in [5.74, 6) is -0.337. The molecule has 0 fully saturated rings. The highest BCUT2D eigenvalue weighted by Crippen LogP contribution is 2.29. The summed E-state index contributed by atoms with van der Waals surface area (Å²) in [7, 11) is 0. The van der Waals surface area contributed by atoms with Crippen LogP contribution in [0.2, 0.25) is 0 Å². The van der Waals surface area contributed by atoms with Crippen LogP contribution in [0.4, 0.5) is 10.1 Å². The van der Waals surface area contributed by atoms with Crippen LogP contribution < -0.4 is 10.9 Å². The summed E-state index contributed by atoms with van der Waals surface area (Å²) in [4.78, 5) is 15.9. The Labute approximate surface area is 184 Å². The number of nitrogens with one attached hydrogen (secondary N) is 2. The van der Waals surface area contributed by atoms with Crippen molar-refractivity contribution < 1.29 is 4.39 Å². The molecule has 0 saturated heterocycles. The molecule has 0 atom stereocenters. The van der Waals surface area contributed by atoms with Crippen molar-refractivity contribution in [2.45, 2.75) is 13.5 Å². The lowest BCUT2D eigenvalue weighted by molar-refractivity contribution is 0.628. The van der Waals surface area contributed by atoms with Gasteiger partial charge in [0.25, 0.3) is 5.56 Å². The highest BCUT2D eigenvalue weighted by Gasteiger charge is 2.17. The van der Waals surface area contributed by atoms with Gasteiger partial charge < -0.3 is 10.3 Å². The first-order valence-electron chi connectivity index (χ1n) is 10.4. The van der Waals surface area contributed by atoms with Crippen molar-refractivity contribution in [2.75, 3.05) is 5.32 Å². The van der Waals surface area contributed by atoms with Crippen LogP contribution in [0.15, 0.2) is 89.7 Å². The smallest absolute Gasteiger partial charge is 0.254 e. The number of hydrogen-bond acceptors (Lipinski definition) is 3. The predicted octanol–water partition coefficient (Wildman–Crippen LogP) is 5.44. The van der Waals surface area contributed by atoms with Crippen LogP contribution in [0.1, 0.15) is 11.1 Å². The van der Waals surface area contributed by atoms with E-state index in [4.69, 9.17) is 5.10 Å². The summed E-state index contributed by atoms with van der Waals surface area (Å²) in [6.45, 7) is 2.38. The standard InChI is InChI=1S/C26H21FN4O/c1-17-10-12-21(13-11-17)28-16-19-15-23-24(18-6-5-7-20(27)14-18)30-31(25(23)29-26(19)32)22-8-3-2-4-9-22/h2-15,28H,16H2,1H3,(H,29,32). The quantitative estimate of drug-likeness (QED) is 0.395. The molecule has 32 heavy (non-hydrogen) atoms. The van der Waals surface area contributed by atoms with Crippen LogP contribution >= 0.6 is 0 Å². The number of hydrogen-bond donors (Lipinski definition) is 2. The summed E-state index contributed by atoms with van der Waals surface area (Å²) in [6, 6.07) is 25.7. The third kappa shape index (κ3) is 3.78. The number of aryl methyl sites for hydroxylation is 1. The van der Waals surface area contributed by atoms with Gasteiger partial charge in [0, 0.05) is 28.7 Å². The number of H-pyrrole nitrogens is 1. The number of halogens is 1. The van der Waals surface area contributed by atoms with E-state index < -0.39 is 0 Å². The van der Waals surface area contributed by atoms with Gasteiger partial charge in [-0.05, 0) is 49.4 Å². The van der Waals surface area contributed by atoms with Gasteiger partial charge in [0.1, 0.15) is 17.2 Å². The topological polar surface area (TPSA) is 62.7 Å². The maximum Gasteiger partial charge on any atom is 0.254 e. The molecule has 5 rings (SSSR count). The summed E-state index contributed by atoms with van der Waals surface area (Å²) < 4.78 is 15.6. The molecule has 0 unspecified atom stereocenters. The van der Waals surface area contributed by atoms with E-state index in [1.165, 1.54) is 17.7 Å². The number of benzene rings is 3. The van der Waals surface area contributed by atoms with E-state index in [-0.39, 0.29) is 11.4 Å². The highest BCUT2D eigenvalue weighted by molar-refractivity contribution is 5.92. The predicted molar refractivity (Wildman–Crippen MR) is 126 cm³/mol. The first kappa shape index (κ1) is 19.8. The number of para-hydroxylation sites is 1. The minimum absolute atomic E-state index is 0.194. The van der Waals surface area contributed by atoms with Crippen molar-refractivity contribution in [1.82, 2.24) is 14.8 Å². The van der Waals surface area contributed by atoms with Gasteiger partial charge >= 0.3 is 0 Å². The molecule has 0 spiro atoms. The molecule has 5 nitrogen and oxygen atoms in total. The van der Waals surface area contributed by atoms with E-state index in [0.717, 1.165) is 16.8 Å². The van der Waals surface area contributed by atoms with E-state index in [2.05, 4.69) is 10.3 Å². The Balaban J connectivity index is 1.63. The monoisotopic (exact) mass is 424 g/mol. The van der Waals surface area contributed by atoms with Gasteiger partial charge in [-0.2, -0.15) is 5.10 Å². The SMILES string of the molecule is Cc1ccc(NCc2cc3c(-c4cccc(F)c4)nn(-c4ccccc4)c3[nH]c2=O)cc1. The number of aromatic nitrogens is 3.